The fraction of sp³-hybridized carbons (Fsp3) is 0.619. The molecule has 2 heterocycles. The van der Waals surface area contributed by atoms with E-state index in [1.807, 2.05) is 38.1 Å². The maximum atomic E-state index is 13.3. The third kappa shape index (κ3) is 4.91. The molecule has 2 saturated heterocycles. The van der Waals surface area contributed by atoms with Crippen LogP contribution in [-0.4, -0.2) is 62.4 Å². The molecule has 29 heavy (non-hydrogen) atoms. The van der Waals surface area contributed by atoms with Crippen LogP contribution >= 0.6 is 0 Å². The number of anilines is 1. The second-order valence-corrected chi connectivity index (χ2v) is 9.98. The van der Waals surface area contributed by atoms with Crippen molar-refractivity contribution in [3.8, 4) is 5.75 Å². The van der Waals surface area contributed by atoms with Gasteiger partial charge in [-0.25, -0.2) is 8.42 Å². The Bertz CT molecular complexity index is 854. The van der Waals surface area contributed by atoms with Crippen molar-refractivity contribution < 1.29 is 22.7 Å². The van der Waals surface area contributed by atoms with E-state index in [1.165, 1.54) is 0 Å². The van der Waals surface area contributed by atoms with Crippen LogP contribution in [0.2, 0.25) is 0 Å². The van der Waals surface area contributed by atoms with Crippen molar-refractivity contribution in [3.63, 3.8) is 0 Å². The van der Waals surface area contributed by atoms with Gasteiger partial charge < -0.3 is 14.5 Å². The minimum absolute atomic E-state index is 0.0278. The molecule has 0 aliphatic carbocycles. The highest BCUT2D eigenvalue weighted by atomic mass is 32.2. The summed E-state index contributed by atoms with van der Waals surface area (Å²) in [5.41, 5.74) is 0.679. The van der Waals surface area contributed by atoms with E-state index in [-0.39, 0.29) is 35.8 Å². The van der Waals surface area contributed by atoms with Gasteiger partial charge in [-0.15, -0.1) is 0 Å². The first-order valence-corrected chi connectivity index (χ1v) is 12.2. The monoisotopic (exact) mass is 422 g/mol. The molecule has 3 rings (SSSR count). The number of rotatable bonds is 8. The highest BCUT2D eigenvalue weighted by molar-refractivity contribution is 7.91. The number of carbonyl (C=O) groups is 2. The zero-order valence-corrected chi connectivity index (χ0v) is 18.0. The molecule has 7 nitrogen and oxygen atoms in total. The average Bonchev–Trinajstić information content (AvgIpc) is 3.25. The van der Waals surface area contributed by atoms with Gasteiger partial charge in [-0.1, -0.05) is 25.5 Å². The van der Waals surface area contributed by atoms with Gasteiger partial charge in [0.05, 0.1) is 29.7 Å². The van der Waals surface area contributed by atoms with Crippen LogP contribution in [0.4, 0.5) is 5.69 Å². The number of carbonyl (C=O) groups excluding carboxylic acids is 2. The molecule has 1 aromatic rings. The molecule has 8 heteroatoms. The van der Waals surface area contributed by atoms with E-state index in [4.69, 9.17) is 4.74 Å². The lowest BCUT2D eigenvalue weighted by Crippen LogP contribution is -2.45. The highest BCUT2D eigenvalue weighted by Gasteiger charge is 2.41. The Kier molecular flexibility index (Phi) is 6.82. The predicted molar refractivity (Wildman–Crippen MR) is 112 cm³/mol. The molecule has 0 N–H and O–H groups in total. The lowest BCUT2D eigenvalue weighted by atomic mass is 10.0. The number of hydrogen-bond acceptors (Lipinski definition) is 5. The Morgan fingerprint density at radius 1 is 1.28 bits per heavy atom. The predicted octanol–water partition coefficient (Wildman–Crippen LogP) is 2.25. The molecular weight excluding hydrogens is 392 g/mol. The second-order valence-electron chi connectivity index (χ2n) is 7.75. The number of unbranched alkanes of at least 4 members (excludes halogenated alkanes) is 1. The van der Waals surface area contributed by atoms with E-state index in [0.717, 1.165) is 12.8 Å². The quantitative estimate of drug-likeness (QED) is 0.642. The molecule has 2 aliphatic heterocycles. The van der Waals surface area contributed by atoms with Gasteiger partial charge in [-0.3, -0.25) is 9.59 Å². The van der Waals surface area contributed by atoms with E-state index in [1.54, 1.807) is 9.80 Å². The van der Waals surface area contributed by atoms with Crippen LogP contribution in [0, 0.1) is 5.92 Å². The molecule has 1 aromatic carbocycles. The first-order chi connectivity index (χ1) is 13.9. The Morgan fingerprint density at radius 3 is 2.69 bits per heavy atom. The number of ether oxygens (including phenoxy) is 1. The summed E-state index contributed by atoms with van der Waals surface area (Å²) in [5, 5.41) is 0. The van der Waals surface area contributed by atoms with Gasteiger partial charge in [0, 0.05) is 25.6 Å². The van der Waals surface area contributed by atoms with Gasteiger partial charge in [0.25, 0.3) is 0 Å². The van der Waals surface area contributed by atoms with Crippen LogP contribution in [0.3, 0.4) is 0 Å². The number of nitrogens with zero attached hydrogens (tertiary/aromatic N) is 2. The minimum atomic E-state index is -3.09. The normalized spacial score (nSPS) is 23.4. The van der Waals surface area contributed by atoms with Crippen molar-refractivity contribution in [2.24, 2.45) is 5.92 Å². The third-order valence-electron chi connectivity index (χ3n) is 5.61. The molecule has 2 amide bonds. The lowest BCUT2D eigenvalue weighted by Gasteiger charge is -2.30. The highest BCUT2D eigenvalue weighted by Crippen LogP contribution is 2.34. The van der Waals surface area contributed by atoms with Crippen molar-refractivity contribution in [1.29, 1.82) is 0 Å². The number of para-hydroxylation sites is 2. The topological polar surface area (TPSA) is 84.0 Å². The van der Waals surface area contributed by atoms with E-state index in [9.17, 15) is 18.0 Å². The van der Waals surface area contributed by atoms with Crippen LogP contribution in [0.1, 0.15) is 39.5 Å². The molecule has 2 atom stereocenters. The number of sulfone groups is 1. The second kappa shape index (κ2) is 9.15. The van der Waals surface area contributed by atoms with E-state index in [0.29, 0.717) is 37.6 Å². The fourth-order valence-corrected chi connectivity index (χ4v) is 5.85. The summed E-state index contributed by atoms with van der Waals surface area (Å²) in [6.45, 7) is 5.25. The fourth-order valence-electron chi connectivity index (χ4n) is 4.12. The molecule has 0 aromatic heterocycles. The number of benzene rings is 1. The zero-order valence-electron chi connectivity index (χ0n) is 17.2. The molecule has 0 spiro atoms. The van der Waals surface area contributed by atoms with E-state index >= 15 is 0 Å². The summed E-state index contributed by atoms with van der Waals surface area (Å²) in [6, 6.07) is 7.06. The lowest BCUT2D eigenvalue weighted by molar-refractivity contribution is -0.137. The Balaban J connectivity index is 1.77. The van der Waals surface area contributed by atoms with Gasteiger partial charge in [0.1, 0.15) is 5.75 Å². The van der Waals surface area contributed by atoms with Crippen molar-refractivity contribution >= 4 is 27.3 Å². The summed E-state index contributed by atoms with van der Waals surface area (Å²) in [6.07, 6.45) is 2.36. The Labute approximate surface area is 172 Å². The number of amides is 2. The van der Waals surface area contributed by atoms with Gasteiger partial charge in [-0.2, -0.15) is 0 Å². The maximum Gasteiger partial charge on any atom is 0.228 e. The SMILES string of the molecule is CCCCN(C(=O)C1CC(=O)N(c2ccccc2OCC)C1)C1CCS(=O)(=O)C1. The summed E-state index contributed by atoms with van der Waals surface area (Å²) < 4.78 is 29.5. The first kappa shape index (κ1) is 21.6. The van der Waals surface area contributed by atoms with Crippen LogP contribution < -0.4 is 9.64 Å². The van der Waals surface area contributed by atoms with Crippen molar-refractivity contribution in [1.82, 2.24) is 4.90 Å². The molecule has 0 saturated carbocycles. The van der Waals surface area contributed by atoms with Gasteiger partial charge in [0.2, 0.25) is 11.8 Å². The third-order valence-corrected chi connectivity index (χ3v) is 7.37. The summed E-state index contributed by atoms with van der Waals surface area (Å²) in [4.78, 5) is 29.4. The summed E-state index contributed by atoms with van der Waals surface area (Å²) in [7, 11) is -3.09. The van der Waals surface area contributed by atoms with Crippen LogP contribution in [0.25, 0.3) is 0 Å². The molecule has 0 bridgehead atoms. The van der Waals surface area contributed by atoms with Crippen molar-refractivity contribution in [2.45, 2.75) is 45.6 Å². The van der Waals surface area contributed by atoms with Gasteiger partial charge in [0.15, 0.2) is 9.84 Å². The minimum Gasteiger partial charge on any atom is -0.492 e. The van der Waals surface area contributed by atoms with Crippen LogP contribution in [0.15, 0.2) is 24.3 Å². The molecule has 160 valence electrons. The molecule has 2 unspecified atom stereocenters. The van der Waals surface area contributed by atoms with Gasteiger partial charge >= 0.3 is 0 Å². The van der Waals surface area contributed by atoms with Crippen molar-refractivity contribution in [2.75, 3.05) is 36.1 Å². The van der Waals surface area contributed by atoms with Crippen LogP contribution in [0.5, 0.6) is 5.75 Å². The van der Waals surface area contributed by atoms with Crippen molar-refractivity contribution in [3.05, 3.63) is 24.3 Å². The van der Waals surface area contributed by atoms with E-state index < -0.39 is 15.8 Å². The molecule has 2 aliphatic rings. The summed E-state index contributed by atoms with van der Waals surface area (Å²) in [5.74, 6) is 0.110. The largest absolute Gasteiger partial charge is 0.492 e. The van der Waals surface area contributed by atoms with Gasteiger partial charge in [-0.05, 0) is 31.9 Å². The smallest absolute Gasteiger partial charge is 0.228 e. The molecule has 2 fully saturated rings. The summed E-state index contributed by atoms with van der Waals surface area (Å²) >= 11 is 0. The average molecular weight is 423 g/mol. The standard InChI is InChI=1S/C21H30N2O5S/c1-3-5-11-22(17-10-12-29(26,27)15-17)21(25)16-13-20(24)23(14-16)18-8-6-7-9-19(18)28-4-2/h6-9,16-17H,3-5,10-15H2,1-2H3. The molecular formula is C21H30N2O5S. The number of hydrogen-bond donors (Lipinski definition) is 0. The van der Waals surface area contributed by atoms with Crippen LogP contribution in [-0.2, 0) is 19.4 Å². The maximum absolute atomic E-state index is 13.3. The first-order valence-electron chi connectivity index (χ1n) is 10.4. The Hall–Kier alpha value is -2.09. The Morgan fingerprint density at radius 2 is 2.03 bits per heavy atom. The zero-order chi connectivity index (χ0) is 21.0. The van der Waals surface area contributed by atoms with E-state index in [2.05, 4.69) is 0 Å². The molecule has 0 radical (unpaired) electrons.